The van der Waals surface area contributed by atoms with E-state index in [9.17, 15) is 0 Å². The van der Waals surface area contributed by atoms with Gasteiger partial charge in [0, 0.05) is 0 Å². The van der Waals surface area contributed by atoms with E-state index in [4.69, 9.17) is 0 Å². The van der Waals surface area contributed by atoms with E-state index in [2.05, 4.69) is 60.8 Å². The number of halogens is 3. The first-order valence-corrected chi connectivity index (χ1v) is 12.8. The summed E-state index contributed by atoms with van der Waals surface area (Å²) in [5.41, 5.74) is 0. The van der Waals surface area contributed by atoms with Crippen molar-refractivity contribution in [3.63, 3.8) is 0 Å². The number of hydrogen-bond donors (Lipinski definition) is 0. The van der Waals surface area contributed by atoms with Crippen molar-refractivity contribution in [1.82, 2.24) is 0 Å². The van der Waals surface area contributed by atoms with Gasteiger partial charge in [0.15, 0.2) is 0 Å². The average Bonchev–Trinajstić information content (AvgIpc) is 0.811. The van der Waals surface area contributed by atoms with Crippen molar-refractivity contribution in [3.05, 3.63) is 0 Å². The van der Waals surface area contributed by atoms with Gasteiger partial charge in [0.05, 0.1) is 0 Å². The molecule has 0 fully saturated rings. The molecule has 0 aromatic carbocycles. The maximum absolute atomic E-state index is 2.44. The van der Waals surface area contributed by atoms with Crippen LogP contribution in [0.15, 0.2) is 0 Å². The molecule has 0 aliphatic carbocycles. The van der Waals surface area contributed by atoms with Gasteiger partial charge in [-0.05, 0) is 0 Å². The molecule has 0 bridgehead atoms. The van der Waals surface area contributed by atoms with E-state index in [0.717, 1.165) is 0 Å². The van der Waals surface area contributed by atoms with Crippen LogP contribution < -0.4 is 0 Å². The molecule has 0 saturated heterocycles. The minimum atomic E-state index is -0.132. The van der Waals surface area contributed by atoms with Gasteiger partial charge in [0.2, 0.25) is 0 Å². The van der Waals surface area contributed by atoms with Crippen LogP contribution in [0.5, 0.6) is 0 Å². The SMILES string of the molecule is O.O.[I][Cr]([I])[I]. The van der Waals surface area contributed by atoms with E-state index in [1.807, 2.05) is 0 Å². The monoisotopic (exact) mass is 469 g/mol. The summed E-state index contributed by atoms with van der Waals surface area (Å²) in [5, 5.41) is 0. The molecule has 0 aromatic rings. The fourth-order valence-corrected chi connectivity index (χ4v) is 0. The van der Waals surface area contributed by atoms with Gasteiger partial charge in [-0.25, -0.2) is 0 Å². The van der Waals surface area contributed by atoms with E-state index >= 15 is 0 Å². The van der Waals surface area contributed by atoms with Crippen LogP contribution in [0.2, 0.25) is 0 Å². The first-order valence-electron chi connectivity index (χ1n) is 0.463. The Morgan fingerprint density at radius 1 is 0.833 bits per heavy atom. The van der Waals surface area contributed by atoms with Gasteiger partial charge >= 0.3 is 65.1 Å². The predicted molar refractivity (Wildman–Crippen MR) is 49.3 cm³/mol. The summed E-state index contributed by atoms with van der Waals surface area (Å²) in [6, 6.07) is 0. The van der Waals surface area contributed by atoms with Crippen molar-refractivity contribution in [1.29, 1.82) is 0 Å². The van der Waals surface area contributed by atoms with Crippen LogP contribution in [0.1, 0.15) is 0 Å². The summed E-state index contributed by atoms with van der Waals surface area (Å²) in [4.78, 5) is 0. The second-order valence-electron chi connectivity index (χ2n) is 0.175. The van der Waals surface area contributed by atoms with Crippen LogP contribution in [0.3, 0.4) is 0 Å². The summed E-state index contributed by atoms with van der Waals surface area (Å²) in [6.45, 7) is 0. The van der Waals surface area contributed by atoms with Crippen LogP contribution in [0, 0.1) is 0 Å². The molecule has 43 valence electrons. The van der Waals surface area contributed by atoms with Crippen LogP contribution in [-0.2, 0) is 4.30 Å². The molecule has 2 nitrogen and oxygen atoms in total. The molecule has 6 heteroatoms. The molecule has 0 spiro atoms. The summed E-state index contributed by atoms with van der Waals surface area (Å²) >= 11 is 7.33. The number of rotatable bonds is 0. The van der Waals surface area contributed by atoms with Gasteiger partial charge in [-0.2, -0.15) is 0 Å². The molecular formula is H4CrI3O2. The second-order valence-corrected chi connectivity index (χ2v) is 32.5. The van der Waals surface area contributed by atoms with Gasteiger partial charge in [0.25, 0.3) is 0 Å². The summed E-state index contributed by atoms with van der Waals surface area (Å²) in [5.74, 6) is 0. The quantitative estimate of drug-likeness (QED) is 0.477. The normalized spacial score (nSPS) is 6.00. The molecule has 0 saturated carbocycles. The Bertz CT molecular complexity index is 13.5. The molecular weight excluding hydrogens is 465 g/mol. The van der Waals surface area contributed by atoms with Crippen molar-refractivity contribution in [2.75, 3.05) is 0 Å². The molecule has 6 heavy (non-hydrogen) atoms. The van der Waals surface area contributed by atoms with Gasteiger partial charge in [-0.1, -0.05) is 0 Å². The minimum absolute atomic E-state index is 0. The topological polar surface area (TPSA) is 63.0 Å². The van der Waals surface area contributed by atoms with Gasteiger partial charge in [-0.3, -0.25) is 0 Å². The Kier molecular flexibility index (Phi) is 28.0. The molecule has 0 radical (unpaired) electrons. The van der Waals surface area contributed by atoms with E-state index in [1.165, 1.54) is 0 Å². The summed E-state index contributed by atoms with van der Waals surface area (Å²) < 4.78 is -0.132. The van der Waals surface area contributed by atoms with Crippen molar-refractivity contribution in [2.45, 2.75) is 0 Å². The third-order valence-electron chi connectivity index (χ3n) is 0. The Morgan fingerprint density at radius 2 is 0.833 bits per heavy atom. The van der Waals surface area contributed by atoms with Gasteiger partial charge in [-0.15, -0.1) is 0 Å². The molecule has 0 aromatic heterocycles. The van der Waals surface area contributed by atoms with E-state index in [-0.39, 0.29) is 15.3 Å². The third kappa shape index (κ3) is 30.3. The summed E-state index contributed by atoms with van der Waals surface area (Å²) in [6.07, 6.45) is 0. The Labute approximate surface area is 74.5 Å². The Balaban J connectivity index is -0.0000000450. The van der Waals surface area contributed by atoms with Crippen molar-refractivity contribution >= 4 is 60.8 Å². The zero-order valence-corrected chi connectivity index (χ0v) is 10.3. The zero-order valence-electron chi connectivity index (χ0n) is 2.54. The molecule has 0 rings (SSSR count). The fourth-order valence-electron chi connectivity index (χ4n) is 0. The molecule has 0 amide bonds. The molecule has 4 N–H and O–H groups in total. The predicted octanol–water partition coefficient (Wildman–Crippen LogP) is 1.01. The van der Waals surface area contributed by atoms with Crippen LogP contribution in [0.25, 0.3) is 0 Å². The van der Waals surface area contributed by atoms with Crippen LogP contribution in [0.4, 0.5) is 0 Å². The van der Waals surface area contributed by atoms with E-state index in [1.54, 1.807) is 0 Å². The third-order valence-corrected chi connectivity index (χ3v) is 0. The van der Waals surface area contributed by atoms with E-state index < -0.39 is 0 Å². The molecule has 0 heterocycles. The van der Waals surface area contributed by atoms with E-state index in [0.29, 0.717) is 0 Å². The average molecular weight is 469 g/mol. The molecule has 0 unspecified atom stereocenters. The van der Waals surface area contributed by atoms with Crippen molar-refractivity contribution in [3.8, 4) is 0 Å². The molecule has 0 aliphatic heterocycles. The van der Waals surface area contributed by atoms with Gasteiger partial charge in [0.1, 0.15) is 0 Å². The molecule has 0 aliphatic rings. The standard InChI is InChI=1S/Cr.3HI.2H2O/h;3*1H;2*1H2/q+3;;;;;/p-3. The van der Waals surface area contributed by atoms with Crippen LogP contribution >= 0.6 is 60.8 Å². The van der Waals surface area contributed by atoms with Crippen LogP contribution in [-0.4, -0.2) is 11.0 Å². The van der Waals surface area contributed by atoms with Gasteiger partial charge < -0.3 is 11.0 Å². The fraction of sp³-hybridized carbons (Fsp3) is 0. The maximum atomic E-state index is 2.44. The first kappa shape index (κ1) is 15.9. The van der Waals surface area contributed by atoms with Crippen molar-refractivity contribution < 1.29 is 15.3 Å². The Hall–Kier alpha value is 2.64. The second kappa shape index (κ2) is 10.6. The number of hydrogen-bond acceptors (Lipinski definition) is 0. The first-order chi connectivity index (χ1) is 1.73. The zero-order chi connectivity index (χ0) is 3.58. The van der Waals surface area contributed by atoms with Crippen molar-refractivity contribution in [2.24, 2.45) is 0 Å². The Morgan fingerprint density at radius 3 is 0.833 bits per heavy atom. The molecule has 0 atom stereocenters. The summed E-state index contributed by atoms with van der Waals surface area (Å²) in [7, 11) is 0.